The molecule has 0 heterocycles. The minimum atomic E-state index is -0.964. The Kier molecular flexibility index (Phi) is 9.60. The number of hydrogen-bond donors (Lipinski definition) is 0. The molecule has 0 aliphatic heterocycles. The average molecular weight is 346 g/mol. The Morgan fingerprint density at radius 1 is 0.960 bits per heavy atom. The smallest absolute Gasteiger partial charge is 0.305 e. The highest BCUT2D eigenvalue weighted by Gasteiger charge is 2.19. The molecule has 4 heteroatoms. The Morgan fingerprint density at radius 2 is 1.56 bits per heavy atom. The van der Waals surface area contributed by atoms with Crippen LogP contribution in [0.3, 0.4) is 0 Å². The molecule has 25 heavy (non-hydrogen) atoms. The average Bonchev–Trinajstić information content (AvgIpc) is 2.56. The zero-order valence-electron chi connectivity index (χ0n) is 15.8. The van der Waals surface area contributed by atoms with Crippen molar-refractivity contribution in [1.82, 2.24) is 0 Å². The first kappa shape index (κ1) is 20.9. The van der Waals surface area contributed by atoms with Crippen LogP contribution in [0.2, 0.25) is 0 Å². The van der Waals surface area contributed by atoms with Gasteiger partial charge in [-0.1, -0.05) is 57.4 Å². The first-order chi connectivity index (χ1) is 12.0. The predicted octanol–water partition coefficient (Wildman–Crippen LogP) is 5.06. The van der Waals surface area contributed by atoms with Crippen molar-refractivity contribution in [2.45, 2.75) is 72.5 Å². The fourth-order valence-corrected chi connectivity index (χ4v) is 2.56. The number of unbranched alkanes of at least 4 members (excludes halogenated alkanes) is 3. The van der Waals surface area contributed by atoms with Crippen molar-refractivity contribution in [3.8, 4) is 0 Å². The SMILES string of the molecule is CCCCCCc1ccc(C=C(CC)C(OC(C)=O)OC(C)=O)cc1. The van der Waals surface area contributed by atoms with Crippen molar-refractivity contribution in [2.24, 2.45) is 0 Å². The van der Waals surface area contributed by atoms with Crippen molar-refractivity contribution in [2.75, 3.05) is 0 Å². The van der Waals surface area contributed by atoms with Gasteiger partial charge in [-0.05, 0) is 36.5 Å². The molecule has 0 amide bonds. The number of ether oxygens (including phenoxy) is 2. The summed E-state index contributed by atoms with van der Waals surface area (Å²) in [6.07, 6.45) is 7.67. The first-order valence-electron chi connectivity index (χ1n) is 9.10. The van der Waals surface area contributed by atoms with Gasteiger partial charge in [0.1, 0.15) is 0 Å². The first-order valence-corrected chi connectivity index (χ1v) is 9.10. The van der Waals surface area contributed by atoms with E-state index in [4.69, 9.17) is 9.47 Å². The van der Waals surface area contributed by atoms with Crippen LogP contribution in [0.5, 0.6) is 0 Å². The second kappa shape index (κ2) is 11.5. The molecule has 0 bridgehead atoms. The largest absolute Gasteiger partial charge is 0.421 e. The van der Waals surface area contributed by atoms with Gasteiger partial charge in [0.2, 0.25) is 0 Å². The highest BCUT2D eigenvalue weighted by atomic mass is 16.7. The summed E-state index contributed by atoms with van der Waals surface area (Å²) in [6, 6.07) is 8.34. The number of rotatable bonds is 10. The standard InChI is InChI=1S/C21H30O4/c1-5-7-8-9-10-18-11-13-19(14-12-18)15-20(6-2)21(24-16(3)22)25-17(4)23/h11-15,21H,5-10H2,1-4H3. The summed E-state index contributed by atoms with van der Waals surface area (Å²) >= 11 is 0. The number of carbonyl (C=O) groups is 2. The topological polar surface area (TPSA) is 52.6 Å². The van der Waals surface area contributed by atoms with E-state index in [9.17, 15) is 9.59 Å². The van der Waals surface area contributed by atoms with Gasteiger partial charge in [-0.3, -0.25) is 9.59 Å². The molecule has 0 unspecified atom stereocenters. The monoisotopic (exact) mass is 346 g/mol. The molecule has 138 valence electrons. The third kappa shape index (κ3) is 8.52. The van der Waals surface area contributed by atoms with Gasteiger partial charge in [0.25, 0.3) is 6.29 Å². The normalized spacial score (nSPS) is 11.5. The third-order valence-electron chi connectivity index (χ3n) is 3.91. The Balaban J connectivity index is 2.81. The van der Waals surface area contributed by atoms with E-state index in [-0.39, 0.29) is 0 Å². The lowest BCUT2D eigenvalue weighted by molar-refractivity contribution is -0.178. The summed E-state index contributed by atoms with van der Waals surface area (Å²) < 4.78 is 10.3. The quantitative estimate of drug-likeness (QED) is 0.338. The number of carbonyl (C=O) groups excluding carboxylic acids is 2. The molecule has 0 N–H and O–H groups in total. The van der Waals surface area contributed by atoms with Gasteiger partial charge in [0, 0.05) is 19.4 Å². The van der Waals surface area contributed by atoms with E-state index >= 15 is 0 Å². The van der Waals surface area contributed by atoms with Crippen LogP contribution in [-0.2, 0) is 25.5 Å². The van der Waals surface area contributed by atoms with Crippen LogP contribution >= 0.6 is 0 Å². The maximum absolute atomic E-state index is 11.3. The second-order valence-corrected chi connectivity index (χ2v) is 6.18. The van der Waals surface area contributed by atoms with E-state index in [1.165, 1.54) is 45.1 Å². The Morgan fingerprint density at radius 3 is 2.04 bits per heavy atom. The lowest BCUT2D eigenvalue weighted by Crippen LogP contribution is -2.24. The van der Waals surface area contributed by atoms with E-state index in [1.807, 2.05) is 25.1 Å². The minimum absolute atomic E-state index is 0.479. The molecule has 0 aliphatic carbocycles. The summed E-state index contributed by atoms with van der Waals surface area (Å²) in [5.74, 6) is -0.957. The van der Waals surface area contributed by atoms with Crippen LogP contribution in [0.1, 0.15) is 70.9 Å². The Labute approximate surface area is 151 Å². The third-order valence-corrected chi connectivity index (χ3v) is 3.91. The van der Waals surface area contributed by atoms with Gasteiger partial charge in [-0.15, -0.1) is 0 Å². The highest BCUT2D eigenvalue weighted by molar-refractivity contribution is 5.69. The van der Waals surface area contributed by atoms with Crippen LogP contribution in [0, 0.1) is 0 Å². The van der Waals surface area contributed by atoms with E-state index in [0.29, 0.717) is 6.42 Å². The number of benzene rings is 1. The van der Waals surface area contributed by atoms with Gasteiger partial charge in [0.15, 0.2) is 0 Å². The summed E-state index contributed by atoms with van der Waals surface area (Å²) in [4.78, 5) is 22.5. The molecular weight excluding hydrogens is 316 g/mol. The van der Waals surface area contributed by atoms with Crippen molar-refractivity contribution in [3.05, 3.63) is 41.0 Å². The van der Waals surface area contributed by atoms with Crippen LogP contribution in [0.15, 0.2) is 29.8 Å². The van der Waals surface area contributed by atoms with Crippen molar-refractivity contribution >= 4 is 18.0 Å². The summed E-state index contributed by atoms with van der Waals surface area (Å²) in [5, 5.41) is 0. The van der Waals surface area contributed by atoms with E-state index < -0.39 is 18.2 Å². The summed E-state index contributed by atoms with van der Waals surface area (Å²) in [6.45, 7) is 6.76. The molecule has 0 aliphatic rings. The van der Waals surface area contributed by atoms with Crippen LogP contribution in [0.4, 0.5) is 0 Å². The molecule has 0 atom stereocenters. The molecule has 1 aromatic carbocycles. The zero-order chi connectivity index (χ0) is 18.7. The number of aryl methyl sites for hydroxylation is 1. The molecular formula is C21H30O4. The van der Waals surface area contributed by atoms with Gasteiger partial charge < -0.3 is 9.47 Å². The van der Waals surface area contributed by atoms with E-state index in [2.05, 4.69) is 19.1 Å². The minimum Gasteiger partial charge on any atom is -0.421 e. The molecule has 0 aromatic heterocycles. The molecule has 1 rings (SSSR count). The lowest BCUT2D eigenvalue weighted by atomic mass is 10.0. The molecule has 0 radical (unpaired) electrons. The Bertz CT molecular complexity index is 556. The number of hydrogen-bond acceptors (Lipinski definition) is 4. The van der Waals surface area contributed by atoms with Crippen LogP contribution in [0.25, 0.3) is 6.08 Å². The van der Waals surface area contributed by atoms with Gasteiger partial charge in [-0.2, -0.15) is 0 Å². The van der Waals surface area contributed by atoms with Gasteiger partial charge in [-0.25, -0.2) is 0 Å². The molecule has 0 fully saturated rings. The molecule has 0 spiro atoms. The second-order valence-electron chi connectivity index (χ2n) is 6.18. The highest BCUT2D eigenvalue weighted by Crippen LogP contribution is 2.19. The zero-order valence-corrected chi connectivity index (χ0v) is 15.8. The fraction of sp³-hybridized carbons (Fsp3) is 0.524. The van der Waals surface area contributed by atoms with E-state index in [1.54, 1.807) is 0 Å². The lowest BCUT2D eigenvalue weighted by Gasteiger charge is -2.19. The van der Waals surface area contributed by atoms with Crippen molar-refractivity contribution in [3.63, 3.8) is 0 Å². The van der Waals surface area contributed by atoms with Crippen molar-refractivity contribution in [1.29, 1.82) is 0 Å². The summed E-state index contributed by atoms with van der Waals surface area (Å²) in [5.41, 5.74) is 3.07. The fourth-order valence-electron chi connectivity index (χ4n) is 2.56. The molecule has 0 saturated heterocycles. The maximum atomic E-state index is 11.3. The number of esters is 2. The molecule has 4 nitrogen and oxygen atoms in total. The van der Waals surface area contributed by atoms with Crippen molar-refractivity contribution < 1.29 is 19.1 Å². The predicted molar refractivity (Wildman–Crippen MR) is 99.9 cm³/mol. The van der Waals surface area contributed by atoms with E-state index in [0.717, 1.165) is 17.6 Å². The maximum Gasteiger partial charge on any atom is 0.305 e. The van der Waals surface area contributed by atoms with Gasteiger partial charge in [0.05, 0.1) is 0 Å². The summed E-state index contributed by atoms with van der Waals surface area (Å²) in [7, 11) is 0. The van der Waals surface area contributed by atoms with Crippen LogP contribution < -0.4 is 0 Å². The van der Waals surface area contributed by atoms with Crippen LogP contribution in [-0.4, -0.2) is 18.2 Å². The molecule has 0 saturated carbocycles. The molecule has 1 aromatic rings. The van der Waals surface area contributed by atoms with Gasteiger partial charge >= 0.3 is 11.9 Å². The Hall–Kier alpha value is -2.10.